The van der Waals surface area contributed by atoms with Crippen LogP contribution in [0.1, 0.15) is 21.5 Å². The summed E-state index contributed by atoms with van der Waals surface area (Å²) in [6, 6.07) is 20.3. The first-order valence-electron chi connectivity index (χ1n) is 9.98. The maximum Gasteiger partial charge on any atom is 0.185 e. The summed E-state index contributed by atoms with van der Waals surface area (Å²) in [6.07, 6.45) is 8.64. The molecule has 6 heteroatoms. The van der Waals surface area contributed by atoms with Crippen LogP contribution in [0.3, 0.4) is 0 Å². The van der Waals surface area contributed by atoms with Gasteiger partial charge in [-0.1, -0.05) is 23.7 Å². The number of ketones is 1. The van der Waals surface area contributed by atoms with Gasteiger partial charge in [-0.2, -0.15) is 0 Å². The van der Waals surface area contributed by atoms with Crippen molar-refractivity contribution in [2.75, 3.05) is 7.11 Å². The Bertz CT molecular complexity index is 1220. The fourth-order valence-corrected chi connectivity index (χ4v) is 3.31. The standard InChI is InChI=1S/C26H21ClN2O3/c1-31-26-13-3-19(16-21(26)17-32-24-10-6-22(27)7-11-24)2-12-25(30)20-4-8-23(9-5-20)29-15-14-28-18-29/h2-16,18H,17H2,1H3/b12-2+. The zero-order valence-electron chi connectivity index (χ0n) is 17.4. The third-order valence-corrected chi connectivity index (χ3v) is 5.15. The van der Waals surface area contributed by atoms with Crippen molar-refractivity contribution in [1.29, 1.82) is 0 Å². The molecule has 0 aliphatic carbocycles. The number of carbonyl (C=O) groups excluding carboxylic acids is 1. The highest BCUT2D eigenvalue weighted by Crippen LogP contribution is 2.24. The summed E-state index contributed by atoms with van der Waals surface area (Å²) in [6.45, 7) is 0.330. The minimum absolute atomic E-state index is 0.0723. The van der Waals surface area contributed by atoms with Crippen molar-refractivity contribution in [3.8, 4) is 17.2 Å². The first-order valence-corrected chi connectivity index (χ1v) is 10.4. The van der Waals surface area contributed by atoms with Crippen LogP contribution in [-0.2, 0) is 6.61 Å². The number of hydrogen-bond acceptors (Lipinski definition) is 4. The Morgan fingerprint density at radius 2 is 1.84 bits per heavy atom. The third kappa shape index (κ3) is 5.25. The number of benzene rings is 3. The van der Waals surface area contributed by atoms with Crippen molar-refractivity contribution >= 4 is 23.5 Å². The number of carbonyl (C=O) groups is 1. The topological polar surface area (TPSA) is 53.4 Å². The minimum Gasteiger partial charge on any atom is -0.496 e. The number of rotatable bonds is 8. The van der Waals surface area contributed by atoms with Crippen LogP contribution in [0, 0.1) is 0 Å². The second-order valence-electron chi connectivity index (χ2n) is 7.03. The van der Waals surface area contributed by atoms with Gasteiger partial charge in [0, 0.05) is 34.2 Å². The zero-order chi connectivity index (χ0) is 22.3. The molecule has 1 heterocycles. The summed E-state index contributed by atoms with van der Waals surface area (Å²) in [5.74, 6) is 1.36. The number of hydrogen-bond donors (Lipinski definition) is 0. The van der Waals surface area contributed by atoms with Crippen LogP contribution in [0.4, 0.5) is 0 Å². The second kappa shape index (κ2) is 9.98. The van der Waals surface area contributed by atoms with E-state index < -0.39 is 0 Å². The van der Waals surface area contributed by atoms with Crippen molar-refractivity contribution in [2.24, 2.45) is 0 Å². The third-order valence-electron chi connectivity index (χ3n) is 4.89. The van der Waals surface area contributed by atoms with Gasteiger partial charge >= 0.3 is 0 Å². The van der Waals surface area contributed by atoms with Crippen molar-refractivity contribution in [1.82, 2.24) is 9.55 Å². The highest BCUT2D eigenvalue weighted by atomic mass is 35.5. The lowest BCUT2D eigenvalue weighted by Crippen LogP contribution is -1.99. The summed E-state index contributed by atoms with van der Waals surface area (Å²) in [5.41, 5.74) is 3.32. The van der Waals surface area contributed by atoms with Crippen LogP contribution >= 0.6 is 11.6 Å². The van der Waals surface area contributed by atoms with Gasteiger partial charge in [0.25, 0.3) is 0 Å². The lowest BCUT2D eigenvalue weighted by atomic mass is 10.1. The Morgan fingerprint density at radius 3 is 2.53 bits per heavy atom. The highest BCUT2D eigenvalue weighted by molar-refractivity contribution is 6.30. The molecule has 3 aromatic carbocycles. The predicted molar refractivity (Wildman–Crippen MR) is 126 cm³/mol. The number of aromatic nitrogens is 2. The summed E-state index contributed by atoms with van der Waals surface area (Å²) in [7, 11) is 1.62. The second-order valence-corrected chi connectivity index (χ2v) is 7.46. The van der Waals surface area contributed by atoms with E-state index in [4.69, 9.17) is 21.1 Å². The van der Waals surface area contributed by atoms with Gasteiger partial charge in [0.05, 0.1) is 13.4 Å². The molecule has 0 aliphatic rings. The Morgan fingerprint density at radius 1 is 1.06 bits per heavy atom. The van der Waals surface area contributed by atoms with E-state index in [1.165, 1.54) is 0 Å². The number of ether oxygens (including phenoxy) is 2. The monoisotopic (exact) mass is 444 g/mol. The largest absolute Gasteiger partial charge is 0.496 e. The molecule has 0 spiro atoms. The van der Waals surface area contributed by atoms with Gasteiger partial charge in [0.15, 0.2) is 5.78 Å². The van der Waals surface area contributed by atoms with Gasteiger partial charge in [0.2, 0.25) is 0 Å². The average molecular weight is 445 g/mol. The Labute approximate surface area is 191 Å². The molecule has 0 saturated heterocycles. The molecule has 4 aromatic rings. The number of allylic oxidation sites excluding steroid dienone is 1. The molecule has 0 atom stereocenters. The molecule has 0 unspecified atom stereocenters. The minimum atomic E-state index is -0.0723. The molecule has 0 aliphatic heterocycles. The molecule has 0 fully saturated rings. The Hall–Kier alpha value is -3.83. The molecule has 0 radical (unpaired) electrons. The normalized spacial score (nSPS) is 10.9. The lowest BCUT2D eigenvalue weighted by molar-refractivity contribution is 0.104. The predicted octanol–water partition coefficient (Wildman–Crippen LogP) is 6.01. The Kier molecular flexibility index (Phi) is 6.68. The summed E-state index contributed by atoms with van der Waals surface area (Å²) in [5, 5.41) is 0.656. The van der Waals surface area contributed by atoms with E-state index in [-0.39, 0.29) is 5.78 Å². The SMILES string of the molecule is COc1ccc(/C=C/C(=O)c2ccc(-n3ccnc3)cc2)cc1COc1ccc(Cl)cc1. The molecule has 160 valence electrons. The van der Waals surface area contributed by atoms with Gasteiger partial charge in [0.1, 0.15) is 18.1 Å². The van der Waals surface area contributed by atoms with E-state index in [0.29, 0.717) is 22.9 Å². The molecule has 0 N–H and O–H groups in total. The maximum absolute atomic E-state index is 12.6. The van der Waals surface area contributed by atoms with E-state index in [9.17, 15) is 4.79 Å². The molecule has 1 aromatic heterocycles. The number of imidazole rings is 1. The fourth-order valence-electron chi connectivity index (χ4n) is 3.18. The molecular formula is C26H21ClN2O3. The van der Waals surface area contributed by atoms with E-state index >= 15 is 0 Å². The van der Waals surface area contributed by atoms with Crippen molar-refractivity contribution in [2.45, 2.75) is 6.61 Å². The van der Waals surface area contributed by atoms with Crippen molar-refractivity contribution < 1.29 is 14.3 Å². The first kappa shape index (κ1) is 21.4. The smallest absolute Gasteiger partial charge is 0.185 e. The molecule has 0 amide bonds. The Balaban J connectivity index is 1.45. The number of methoxy groups -OCH3 is 1. The summed E-state index contributed by atoms with van der Waals surface area (Å²) in [4.78, 5) is 16.6. The fraction of sp³-hybridized carbons (Fsp3) is 0.0769. The molecule has 5 nitrogen and oxygen atoms in total. The van der Waals surface area contributed by atoms with Gasteiger partial charge in [-0.3, -0.25) is 4.79 Å². The van der Waals surface area contributed by atoms with Gasteiger partial charge < -0.3 is 14.0 Å². The van der Waals surface area contributed by atoms with Gasteiger partial charge in [-0.25, -0.2) is 4.98 Å². The first-order chi connectivity index (χ1) is 15.6. The number of halogens is 1. The van der Waals surface area contributed by atoms with E-state index in [1.807, 2.05) is 53.2 Å². The highest BCUT2D eigenvalue weighted by Gasteiger charge is 2.07. The van der Waals surface area contributed by atoms with Crippen molar-refractivity contribution in [3.05, 3.63) is 113 Å². The molecule has 32 heavy (non-hydrogen) atoms. The zero-order valence-corrected chi connectivity index (χ0v) is 18.2. The van der Waals surface area contributed by atoms with Crippen molar-refractivity contribution in [3.63, 3.8) is 0 Å². The number of nitrogens with zero attached hydrogens (tertiary/aromatic N) is 2. The van der Waals surface area contributed by atoms with Gasteiger partial charge in [-0.05, 0) is 72.3 Å². The lowest BCUT2D eigenvalue weighted by Gasteiger charge is -2.11. The molecule has 0 bridgehead atoms. The van der Waals surface area contributed by atoms with Crippen LogP contribution in [-0.4, -0.2) is 22.4 Å². The van der Waals surface area contributed by atoms with E-state index in [0.717, 1.165) is 22.6 Å². The van der Waals surface area contributed by atoms with E-state index in [2.05, 4.69) is 4.98 Å². The average Bonchev–Trinajstić information content (AvgIpc) is 3.37. The molecule has 0 saturated carbocycles. The molecular weight excluding hydrogens is 424 g/mol. The van der Waals surface area contributed by atoms with Crippen LogP contribution in [0.15, 0.2) is 91.5 Å². The molecule has 4 rings (SSSR count). The van der Waals surface area contributed by atoms with Crippen LogP contribution in [0.5, 0.6) is 11.5 Å². The summed E-state index contributed by atoms with van der Waals surface area (Å²) >= 11 is 5.92. The maximum atomic E-state index is 12.6. The van der Waals surface area contributed by atoms with Gasteiger partial charge in [-0.15, -0.1) is 0 Å². The van der Waals surface area contributed by atoms with E-state index in [1.54, 1.807) is 56.1 Å². The summed E-state index contributed by atoms with van der Waals surface area (Å²) < 4.78 is 13.2. The van der Waals surface area contributed by atoms with Crippen LogP contribution < -0.4 is 9.47 Å². The quantitative estimate of drug-likeness (QED) is 0.247. The van der Waals surface area contributed by atoms with Crippen LogP contribution in [0.25, 0.3) is 11.8 Å². The van der Waals surface area contributed by atoms with Crippen LogP contribution in [0.2, 0.25) is 5.02 Å².